The van der Waals surface area contributed by atoms with Gasteiger partial charge in [-0.25, -0.2) is 13.1 Å². The molecular weight excluding hydrogens is 420 g/mol. The van der Waals surface area contributed by atoms with Crippen molar-refractivity contribution in [1.29, 1.82) is 0 Å². The molecule has 9 heteroatoms. The first-order valence-corrected chi connectivity index (χ1v) is 11.4. The SMILES string of the molecule is O=C(Nc1ccnn1Cc1ccccc1)c1cccc(NS(=O)(=O)c2cccs2)c1. The normalized spacial score (nSPS) is 11.2. The van der Waals surface area contributed by atoms with Crippen LogP contribution in [-0.2, 0) is 16.6 Å². The molecule has 0 saturated carbocycles. The van der Waals surface area contributed by atoms with Crippen LogP contribution in [0.4, 0.5) is 11.5 Å². The van der Waals surface area contributed by atoms with Crippen LogP contribution in [0.15, 0.2) is 88.6 Å². The van der Waals surface area contributed by atoms with Crippen molar-refractivity contribution in [3.8, 4) is 0 Å². The first kappa shape index (κ1) is 19.9. The van der Waals surface area contributed by atoms with E-state index in [2.05, 4.69) is 15.1 Å². The van der Waals surface area contributed by atoms with Gasteiger partial charge in [0, 0.05) is 17.3 Å². The van der Waals surface area contributed by atoms with Crippen LogP contribution >= 0.6 is 11.3 Å². The zero-order valence-corrected chi connectivity index (χ0v) is 17.4. The highest BCUT2D eigenvalue weighted by atomic mass is 32.2. The molecule has 2 N–H and O–H groups in total. The van der Waals surface area contributed by atoms with Crippen molar-refractivity contribution in [2.24, 2.45) is 0 Å². The second-order valence-electron chi connectivity index (χ2n) is 6.43. The predicted molar refractivity (Wildman–Crippen MR) is 117 cm³/mol. The van der Waals surface area contributed by atoms with E-state index < -0.39 is 10.0 Å². The van der Waals surface area contributed by atoms with E-state index in [0.29, 0.717) is 23.6 Å². The van der Waals surface area contributed by atoms with E-state index in [0.717, 1.165) is 16.9 Å². The lowest BCUT2D eigenvalue weighted by Crippen LogP contribution is -2.17. The summed E-state index contributed by atoms with van der Waals surface area (Å²) in [6, 6.07) is 21.0. The van der Waals surface area contributed by atoms with Crippen molar-refractivity contribution in [2.45, 2.75) is 10.8 Å². The molecular formula is C21H18N4O3S2. The summed E-state index contributed by atoms with van der Waals surface area (Å²) in [6.45, 7) is 0.518. The number of thiophene rings is 1. The van der Waals surface area contributed by atoms with Gasteiger partial charge in [-0.2, -0.15) is 5.10 Å². The quantitative estimate of drug-likeness (QED) is 0.455. The molecule has 4 rings (SSSR count). The van der Waals surface area contributed by atoms with Gasteiger partial charge in [0.05, 0.1) is 12.7 Å². The van der Waals surface area contributed by atoms with Crippen LogP contribution in [0.5, 0.6) is 0 Å². The van der Waals surface area contributed by atoms with E-state index >= 15 is 0 Å². The molecule has 0 atom stereocenters. The second kappa shape index (κ2) is 8.52. The molecule has 0 aliphatic rings. The molecule has 0 fully saturated rings. The van der Waals surface area contributed by atoms with E-state index in [1.165, 1.54) is 12.1 Å². The Morgan fingerprint density at radius 3 is 2.60 bits per heavy atom. The predicted octanol–water partition coefficient (Wildman–Crippen LogP) is 4.05. The van der Waals surface area contributed by atoms with Crippen LogP contribution < -0.4 is 10.0 Å². The number of hydrogen-bond acceptors (Lipinski definition) is 5. The average molecular weight is 439 g/mol. The van der Waals surface area contributed by atoms with Crippen molar-refractivity contribution in [3.63, 3.8) is 0 Å². The van der Waals surface area contributed by atoms with Gasteiger partial charge < -0.3 is 5.32 Å². The molecule has 0 spiro atoms. The van der Waals surface area contributed by atoms with Crippen LogP contribution in [0.1, 0.15) is 15.9 Å². The van der Waals surface area contributed by atoms with Crippen LogP contribution in [0.25, 0.3) is 0 Å². The highest BCUT2D eigenvalue weighted by molar-refractivity contribution is 7.94. The topological polar surface area (TPSA) is 93.1 Å². The molecule has 152 valence electrons. The van der Waals surface area contributed by atoms with Crippen molar-refractivity contribution in [2.75, 3.05) is 10.0 Å². The first-order valence-electron chi connectivity index (χ1n) is 9.05. The van der Waals surface area contributed by atoms with E-state index in [9.17, 15) is 13.2 Å². The summed E-state index contributed by atoms with van der Waals surface area (Å²) in [7, 11) is -3.68. The average Bonchev–Trinajstić information content (AvgIpc) is 3.42. The largest absolute Gasteiger partial charge is 0.307 e. The summed E-state index contributed by atoms with van der Waals surface area (Å²) >= 11 is 1.13. The minimum Gasteiger partial charge on any atom is -0.307 e. The maximum absolute atomic E-state index is 12.7. The molecule has 30 heavy (non-hydrogen) atoms. The third-order valence-corrected chi connectivity index (χ3v) is 7.05. The number of rotatable bonds is 7. The van der Waals surface area contributed by atoms with Crippen molar-refractivity contribution in [3.05, 3.63) is 95.5 Å². The lowest BCUT2D eigenvalue weighted by molar-refractivity contribution is 0.102. The Balaban J connectivity index is 1.49. The smallest absolute Gasteiger partial charge is 0.271 e. The molecule has 2 aromatic carbocycles. The van der Waals surface area contributed by atoms with E-state index in [4.69, 9.17) is 0 Å². The molecule has 0 bridgehead atoms. The van der Waals surface area contributed by atoms with Gasteiger partial charge >= 0.3 is 0 Å². The second-order valence-corrected chi connectivity index (χ2v) is 9.29. The molecule has 4 aromatic rings. The fourth-order valence-corrected chi connectivity index (χ4v) is 4.90. The Morgan fingerprint density at radius 2 is 1.83 bits per heavy atom. The number of carbonyl (C=O) groups is 1. The highest BCUT2D eigenvalue weighted by Gasteiger charge is 2.16. The Labute approximate surface area is 178 Å². The van der Waals surface area contributed by atoms with Crippen LogP contribution in [0, 0.1) is 0 Å². The first-order chi connectivity index (χ1) is 14.5. The summed E-state index contributed by atoms with van der Waals surface area (Å²) in [4.78, 5) is 12.7. The maximum atomic E-state index is 12.7. The van der Waals surface area contributed by atoms with Gasteiger partial charge in [-0.05, 0) is 35.2 Å². The number of anilines is 2. The molecule has 1 amide bonds. The third-order valence-electron chi connectivity index (χ3n) is 4.27. The van der Waals surface area contributed by atoms with Gasteiger partial charge in [0.2, 0.25) is 0 Å². The fourth-order valence-electron chi connectivity index (χ4n) is 2.86. The van der Waals surface area contributed by atoms with Gasteiger partial charge in [0.15, 0.2) is 0 Å². The zero-order valence-electron chi connectivity index (χ0n) is 15.7. The zero-order chi connectivity index (χ0) is 21.0. The number of benzene rings is 2. The summed E-state index contributed by atoms with van der Waals surface area (Å²) in [5, 5.41) is 8.79. The lowest BCUT2D eigenvalue weighted by Gasteiger charge is -2.11. The van der Waals surface area contributed by atoms with E-state index in [1.54, 1.807) is 46.6 Å². The highest BCUT2D eigenvalue weighted by Crippen LogP contribution is 2.21. The monoisotopic (exact) mass is 438 g/mol. The molecule has 2 heterocycles. The van der Waals surface area contributed by atoms with Gasteiger partial charge in [0.1, 0.15) is 10.0 Å². The van der Waals surface area contributed by atoms with Crippen molar-refractivity contribution < 1.29 is 13.2 Å². The number of carbonyl (C=O) groups excluding carboxylic acids is 1. The summed E-state index contributed by atoms with van der Waals surface area (Å²) in [6.07, 6.45) is 1.62. The fraction of sp³-hybridized carbons (Fsp3) is 0.0476. The Kier molecular flexibility index (Phi) is 5.64. The molecule has 2 aromatic heterocycles. The van der Waals surface area contributed by atoms with Crippen LogP contribution in [-0.4, -0.2) is 24.1 Å². The number of amides is 1. The standard InChI is InChI=1S/C21H18N4O3S2/c26-21(23-19-11-12-22-25(19)15-16-6-2-1-3-7-16)17-8-4-9-18(14-17)24-30(27,28)20-10-5-13-29-20/h1-14,24H,15H2,(H,23,26). The van der Waals surface area contributed by atoms with Crippen molar-refractivity contribution in [1.82, 2.24) is 9.78 Å². The lowest BCUT2D eigenvalue weighted by atomic mass is 10.2. The maximum Gasteiger partial charge on any atom is 0.271 e. The van der Waals surface area contributed by atoms with Gasteiger partial charge in [-0.1, -0.05) is 42.5 Å². The molecule has 7 nitrogen and oxygen atoms in total. The summed E-state index contributed by atoms with van der Waals surface area (Å²) < 4.78 is 29.2. The summed E-state index contributed by atoms with van der Waals surface area (Å²) in [5.41, 5.74) is 1.70. The molecule has 0 unspecified atom stereocenters. The summed E-state index contributed by atoms with van der Waals surface area (Å²) in [5.74, 6) is 0.190. The van der Waals surface area contributed by atoms with Gasteiger partial charge in [-0.3, -0.25) is 9.52 Å². The molecule has 0 radical (unpaired) electrons. The third kappa shape index (κ3) is 4.58. The molecule has 0 saturated heterocycles. The van der Waals surface area contributed by atoms with Gasteiger partial charge in [-0.15, -0.1) is 11.3 Å². The minimum absolute atomic E-state index is 0.210. The number of sulfonamides is 1. The van der Waals surface area contributed by atoms with Crippen LogP contribution in [0.3, 0.4) is 0 Å². The Bertz CT molecular complexity index is 1250. The Hall–Kier alpha value is -3.43. The molecule has 0 aliphatic carbocycles. The molecule has 0 aliphatic heterocycles. The minimum atomic E-state index is -3.68. The van der Waals surface area contributed by atoms with Crippen LogP contribution in [0.2, 0.25) is 0 Å². The number of nitrogens with zero attached hydrogens (tertiary/aromatic N) is 2. The van der Waals surface area contributed by atoms with E-state index in [-0.39, 0.29) is 10.1 Å². The number of nitrogens with one attached hydrogen (secondary N) is 2. The van der Waals surface area contributed by atoms with E-state index in [1.807, 2.05) is 30.3 Å². The van der Waals surface area contributed by atoms with Gasteiger partial charge in [0.25, 0.3) is 15.9 Å². The Morgan fingerprint density at radius 1 is 1.00 bits per heavy atom. The number of aromatic nitrogens is 2. The number of hydrogen-bond donors (Lipinski definition) is 2. The van der Waals surface area contributed by atoms with Crippen molar-refractivity contribution >= 4 is 38.8 Å².